The third-order valence-corrected chi connectivity index (χ3v) is 6.16. The van der Waals surface area contributed by atoms with E-state index in [-0.39, 0.29) is 5.69 Å². The van der Waals surface area contributed by atoms with Gasteiger partial charge in [0.25, 0.3) is 0 Å². The maximum absolute atomic E-state index is 14.2. The number of amides is 2. The first kappa shape index (κ1) is 21.0. The number of benzene rings is 3. The molecule has 1 atom stereocenters. The van der Waals surface area contributed by atoms with E-state index in [1.54, 1.807) is 12.0 Å². The number of nitrogens with zero attached hydrogens (tertiary/aromatic N) is 1. The molecule has 1 aromatic heterocycles. The second kappa shape index (κ2) is 8.24. The minimum atomic E-state index is -0.814. The van der Waals surface area contributed by atoms with Gasteiger partial charge in [-0.05, 0) is 54.8 Å². The number of rotatable bonds is 3. The molecule has 4 aromatic rings. The van der Waals surface area contributed by atoms with Gasteiger partial charge in [0, 0.05) is 29.2 Å². The zero-order valence-electron chi connectivity index (χ0n) is 18.3. The number of methoxy groups -OCH3 is 1. The number of aryl methyl sites for hydroxylation is 1. The molecule has 0 saturated heterocycles. The molecule has 0 fully saturated rings. The smallest absolute Gasteiger partial charge is 0.322 e. The lowest BCUT2D eigenvalue weighted by Crippen LogP contribution is -2.43. The monoisotopic (exact) mass is 447 g/mol. The second-order valence-electron chi connectivity index (χ2n) is 8.24. The van der Waals surface area contributed by atoms with Crippen LogP contribution in [0.1, 0.15) is 28.4 Å². The fraction of sp³-hybridized carbons (Fsp3) is 0.192. The number of ether oxygens (including phenoxy) is 1. The average molecular weight is 447 g/mol. The lowest BCUT2D eigenvalue weighted by Gasteiger charge is -2.36. The van der Waals surface area contributed by atoms with Gasteiger partial charge in [-0.2, -0.15) is 0 Å². The Morgan fingerprint density at radius 1 is 1.09 bits per heavy atom. The quantitative estimate of drug-likeness (QED) is 0.408. The summed E-state index contributed by atoms with van der Waals surface area (Å²) in [6.45, 7) is 2.44. The molecule has 0 unspecified atom stereocenters. The van der Waals surface area contributed by atoms with Crippen LogP contribution in [0.2, 0.25) is 0 Å². The Balaban J connectivity index is 1.58. The summed E-state index contributed by atoms with van der Waals surface area (Å²) in [5.74, 6) is -0.743. The molecule has 7 heteroatoms. The van der Waals surface area contributed by atoms with Crippen LogP contribution in [0.3, 0.4) is 0 Å². The predicted octanol–water partition coefficient (Wildman–Crippen LogP) is 5.94. The number of nitrogens with one attached hydrogen (secondary N) is 2. The van der Waals surface area contributed by atoms with Crippen molar-refractivity contribution in [2.75, 3.05) is 19.0 Å². The topological polar surface area (TPSA) is 57.4 Å². The van der Waals surface area contributed by atoms with Crippen molar-refractivity contribution in [3.05, 3.63) is 94.7 Å². The Labute approximate surface area is 190 Å². The fourth-order valence-corrected chi connectivity index (χ4v) is 4.49. The third-order valence-electron chi connectivity index (χ3n) is 6.16. The molecule has 2 amide bonds. The number of urea groups is 1. The van der Waals surface area contributed by atoms with Crippen molar-refractivity contribution in [2.45, 2.75) is 19.4 Å². The molecule has 0 radical (unpaired) electrons. The molecule has 0 aliphatic carbocycles. The van der Waals surface area contributed by atoms with Crippen molar-refractivity contribution in [3.63, 3.8) is 0 Å². The lowest BCUT2D eigenvalue weighted by molar-refractivity contribution is 0.193. The van der Waals surface area contributed by atoms with E-state index in [1.165, 1.54) is 6.07 Å². The van der Waals surface area contributed by atoms with E-state index < -0.39 is 23.7 Å². The van der Waals surface area contributed by atoms with Crippen LogP contribution in [-0.4, -0.2) is 29.6 Å². The van der Waals surface area contributed by atoms with Gasteiger partial charge in [-0.1, -0.05) is 29.8 Å². The van der Waals surface area contributed by atoms with Gasteiger partial charge >= 0.3 is 6.03 Å². The van der Waals surface area contributed by atoms with Gasteiger partial charge in [-0.25, -0.2) is 13.6 Å². The van der Waals surface area contributed by atoms with Crippen molar-refractivity contribution in [2.24, 2.45) is 0 Å². The van der Waals surface area contributed by atoms with Crippen LogP contribution in [0.15, 0.2) is 60.7 Å². The van der Waals surface area contributed by atoms with Crippen LogP contribution >= 0.6 is 0 Å². The Morgan fingerprint density at radius 2 is 1.88 bits per heavy atom. The highest BCUT2D eigenvalue weighted by molar-refractivity contribution is 5.92. The summed E-state index contributed by atoms with van der Waals surface area (Å²) >= 11 is 0. The number of hydrogen-bond acceptors (Lipinski definition) is 2. The molecular formula is C26H23F2N3O2. The highest BCUT2D eigenvalue weighted by Crippen LogP contribution is 2.39. The molecule has 3 aromatic carbocycles. The summed E-state index contributed by atoms with van der Waals surface area (Å²) in [4.78, 5) is 18.5. The average Bonchev–Trinajstić information content (AvgIpc) is 3.18. The normalized spacial score (nSPS) is 15.4. The largest absolute Gasteiger partial charge is 0.497 e. The molecule has 2 heterocycles. The highest BCUT2D eigenvalue weighted by atomic mass is 19.1. The number of aromatic nitrogens is 1. The number of carbonyl (C=O) groups excluding carboxylic acids is 1. The maximum Gasteiger partial charge on any atom is 0.322 e. The van der Waals surface area contributed by atoms with Gasteiger partial charge in [0.05, 0.1) is 18.8 Å². The van der Waals surface area contributed by atoms with E-state index in [0.717, 1.165) is 51.2 Å². The summed E-state index contributed by atoms with van der Waals surface area (Å²) < 4.78 is 32.9. The zero-order valence-corrected chi connectivity index (χ0v) is 18.3. The Kier molecular flexibility index (Phi) is 5.24. The molecule has 1 aliphatic heterocycles. The fourth-order valence-electron chi connectivity index (χ4n) is 4.49. The highest BCUT2D eigenvalue weighted by Gasteiger charge is 2.35. The van der Waals surface area contributed by atoms with Crippen LogP contribution < -0.4 is 10.1 Å². The SMILES string of the molecule is COc1ccc2[nH]c3c(c2c1)CCN(C(=O)Nc1ccc(F)cc1F)[C@@H]3c1ccc(C)cc1. The summed E-state index contributed by atoms with van der Waals surface area (Å²) in [5.41, 5.74) is 5.01. The lowest BCUT2D eigenvalue weighted by atomic mass is 9.92. The first-order valence-corrected chi connectivity index (χ1v) is 10.7. The zero-order chi connectivity index (χ0) is 23.1. The van der Waals surface area contributed by atoms with Crippen LogP contribution in [-0.2, 0) is 6.42 Å². The number of carbonyl (C=O) groups is 1. The number of hydrogen-bond donors (Lipinski definition) is 2. The Hall–Kier alpha value is -3.87. The number of fused-ring (bicyclic) bond motifs is 3. The molecule has 33 heavy (non-hydrogen) atoms. The summed E-state index contributed by atoms with van der Waals surface area (Å²) in [7, 11) is 1.63. The number of aromatic amines is 1. The molecule has 0 bridgehead atoms. The maximum atomic E-state index is 14.2. The van der Waals surface area contributed by atoms with Gasteiger partial charge in [0.2, 0.25) is 0 Å². The van der Waals surface area contributed by atoms with Crippen molar-refractivity contribution in [1.29, 1.82) is 0 Å². The minimum absolute atomic E-state index is 0.0590. The van der Waals surface area contributed by atoms with Crippen LogP contribution in [0.4, 0.5) is 19.3 Å². The Morgan fingerprint density at radius 3 is 2.61 bits per heavy atom. The Bertz CT molecular complexity index is 1350. The van der Waals surface area contributed by atoms with E-state index in [0.29, 0.717) is 13.0 Å². The number of anilines is 1. The first-order chi connectivity index (χ1) is 15.9. The van der Waals surface area contributed by atoms with Crippen molar-refractivity contribution < 1.29 is 18.3 Å². The second-order valence-corrected chi connectivity index (χ2v) is 8.24. The van der Waals surface area contributed by atoms with Crippen molar-refractivity contribution in [3.8, 4) is 5.75 Å². The van der Waals surface area contributed by atoms with Gasteiger partial charge < -0.3 is 19.9 Å². The molecule has 168 valence electrons. The van der Waals surface area contributed by atoms with Gasteiger partial charge in [-0.3, -0.25) is 0 Å². The van der Waals surface area contributed by atoms with Gasteiger partial charge in [-0.15, -0.1) is 0 Å². The van der Waals surface area contributed by atoms with Gasteiger partial charge in [0.15, 0.2) is 0 Å². The van der Waals surface area contributed by atoms with E-state index in [1.807, 2.05) is 49.4 Å². The third kappa shape index (κ3) is 3.80. The summed E-state index contributed by atoms with van der Waals surface area (Å²) in [6.07, 6.45) is 0.629. The molecule has 2 N–H and O–H groups in total. The van der Waals surface area contributed by atoms with Gasteiger partial charge in [0.1, 0.15) is 17.4 Å². The number of halogens is 2. The molecule has 0 spiro atoms. The standard InChI is InChI=1S/C26H23F2N3O2/c1-15-3-5-16(6-4-15)25-24-19(20-14-18(33-2)8-10-22(20)29-24)11-12-31(25)26(32)30-23-9-7-17(27)13-21(23)28/h3-10,13-14,25,29H,11-12H2,1-2H3,(H,30,32)/t25-/m1/s1. The minimum Gasteiger partial charge on any atom is -0.497 e. The van der Waals surface area contributed by atoms with Crippen LogP contribution in [0, 0.1) is 18.6 Å². The van der Waals surface area contributed by atoms with Crippen LogP contribution in [0.5, 0.6) is 5.75 Å². The van der Waals surface area contributed by atoms with E-state index in [4.69, 9.17) is 4.74 Å². The molecule has 5 rings (SSSR count). The first-order valence-electron chi connectivity index (χ1n) is 10.7. The van der Waals surface area contributed by atoms with Crippen molar-refractivity contribution in [1.82, 2.24) is 9.88 Å². The van der Waals surface area contributed by atoms with E-state index in [9.17, 15) is 13.6 Å². The van der Waals surface area contributed by atoms with Crippen LogP contribution in [0.25, 0.3) is 10.9 Å². The van der Waals surface area contributed by atoms with E-state index >= 15 is 0 Å². The summed E-state index contributed by atoms with van der Waals surface area (Å²) in [6, 6.07) is 16.1. The molecule has 1 aliphatic rings. The summed E-state index contributed by atoms with van der Waals surface area (Å²) in [5, 5.41) is 3.67. The van der Waals surface area contributed by atoms with E-state index in [2.05, 4.69) is 10.3 Å². The molecule has 0 saturated carbocycles. The molecular weight excluding hydrogens is 424 g/mol. The van der Waals surface area contributed by atoms with Crippen molar-refractivity contribution >= 4 is 22.6 Å². The predicted molar refractivity (Wildman–Crippen MR) is 124 cm³/mol. The number of H-pyrrole nitrogens is 1. The molecule has 5 nitrogen and oxygen atoms in total.